The molecule has 2 fully saturated rings. The fraction of sp³-hybridized carbons (Fsp3) is 0.731. The van der Waals surface area contributed by atoms with E-state index in [0.717, 1.165) is 32.1 Å². The van der Waals surface area contributed by atoms with Crippen LogP contribution < -0.4 is 0 Å². The van der Waals surface area contributed by atoms with Gasteiger partial charge in [-0.1, -0.05) is 87.6 Å². The molecule has 3 nitrogen and oxygen atoms in total. The van der Waals surface area contributed by atoms with Gasteiger partial charge in [-0.05, 0) is 49.9 Å². The number of rotatable bonds is 12. The summed E-state index contributed by atoms with van der Waals surface area (Å²) in [5.74, 6) is 0.432. The number of fused-ring (bicyclic) bond motifs is 2. The maximum Gasteiger partial charge on any atom is 0.306 e. The number of benzene rings is 1. The minimum atomic E-state index is -0.0139. The molecule has 2 heterocycles. The maximum atomic E-state index is 12.5. The molecule has 0 unspecified atom stereocenters. The van der Waals surface area contributed by atoms with Crippen LogP contribution in [0.15, 0.2) is 18.2 Å². The summed E-state index contributed by atoms with van der Waals surface area (Å²) in [6.07, 6.45) is 15.0. The van der Waals surface area contributed by atoms with E-state index in [4.69, 9.17) is 27.9 Å². The molecule has 0 spiro atoms. The highest BCUT2D eigenvalue weighted by Gasteiger charge is 2.46. The van der Waals surface area contributed by atoms with Gasteiger partial charge in [0.2, 0.25) is 0 Å². The number of nitrogens with zero attached hydrogens (tertiary/aromatic N) is 1. The van der Waals surface area contributed by atoms with Crippen molar-refractivity contribution in [3.05, 3.63) is 33.8 Å². The summed E-state index contributed by atoms with van der Waals surface area (Å²) in [6.45, 7) is 2.25. The molecule has 0 saturated carbocycles. The predicted molar refractivity (Wildman–Crippen MR) is 130 cm³/mol. The first-order valence-corrected chi connectivity index (χ1v) is 13.1. The smallest absolute Gasteiger partial charge is 0.306 e. The highest BCUT2D eigenvalue weighted by molar-refractivity contribution is 6.42. The first-order chi connectivity index (χ1) is 15.0. The van der Waals surface area contributed by atoms with Gasteiger partial charge in [0, 0.05) is 24.9 Å². The number of esters is 1. The summed E-state index contributed by atoms with van der Waals surface area (Å²) in [4.78, 5) is 14.9. The largest absolute Gasteiger partial charge is 0.461 e. The Labute approximate surface area is 198 Å². The number of halogens is 2. The van der Waals surface area contributed by atoms with Crippen LogP contribution in [-0.2, 0) is 9.53 Å². The van der Waals surface area contributed by atoms with Gasteiger partial charge in [-0.15, -0.1) is 0 Å². The van der Waals surface area contributed by atoms with E-state index in [9.17, 15) is 4.79 Å². The van der Waals surface area contributed by atoms with Crippen molar-refractivity contribution in [3.63, 3.8) is 0 Å². The lowest BCUT2D eigenvalue weighted by molar-refractivity contribution is -0.150. The summed E-state index contributed by atoms with van der Waals surface area (Å²) in [5.41, 5.74) is 1.25. The van der Waals surface area contributed by atoms with E-state index in [-0.39, 0.29) is 12.1 Å². The number of carbonyl (C=O) groups is 1. The Morgan fingerprint density at radius 2 is 1.65 bits per heavy atom. The molecular weight excluding hydrogens is 429 g/mol. The van der Waals surface area contributed by atoms with Crippen LogP contribution in [0.2, 0.25) is 10.0 Å². The molecule has 1 aromatic rings. The van der Waals surface area contributed by atoms with Crippen molar-refractivity contribution in [1.29, 1.82) is 0 Å². The molecule has 31 heavy (non-hydrogen) atoms. The van der Waals surface area contributed by atoms with Crippen LogP contribution in [0, 0.1) is 0 Å². The molecule has 0 aromatic heterocycles. The molecular formula is C26H39Cl2NO2. The molecule has 0 aliphatic carbocycles. The lowest BCUT2D eigenvalue weighted by Crippen LogP contribution is -2.42. The normalized spacial score (nSPS) is 25.7. The Morgan fingerprint density at radius 1 is 0.968 bits per heavy atom. The molecule has 4 atom stereocenters. The lowest BCUT2D eigenvalue weighted by atomic mass is 9.85. The molecule has 2 aliphatic heterocycles. The zero-order valence-corrected chi connectivity index (χ0v) is 20.8. The van der Waals surface area contributed by atoms with E-state index in [1.165, 1.54) is 50.5 Å². The van der Waals surface area contributed by atoms with Gasteiger partial charge in [-0.25, -0.2) is 0 Å². The summed E-state index contributed by atoms with van der Waals surface area (Å²) < 4.78 is 5.97. The molecule has 2 aliphatic rings. The van der Waals surface area contributed by atoms with Gasteiger partial charge in [0.1, 0.15) is 6.10 Å². The van der Waals surface area contributed by atoms with Gasteiger partial charge in [0.15, 0.2) is 0 Å². The molecule has 2 saturated heterocycles. The van der Waals surface area contributed by atoms with Gasteiger partial charge in [0.05, 0.1) is 10.0 Å². The Kier molecular flexibility index (Phi) is 10.00. The van der Waals surface area contributed by atoms with Crippen LogP contribution >= 0.6 is 23.2 Å². The average molecular weight is 469 g/mol. The monoisotopic (exact) mass is 467 g/mol. The van der Waals surface area contributed by atoms with Crippen LogP contribution in [-0.4, -0.2) is 36.1 Å². The zero-order valence-electron chi connectivity index (χ0n) is 19.3. The van der Waals surface area contributed by atoms with E-state index in [1.807, 2.05) is 12.1 Å². The van der Waals surface area contributed by atoms with Gasteiger partial charge in [-0.3, -0.25) is 9.69 Å². The fourth-order valence-electron chi connectivity index (χ4n) is 5.39. The molecule has 5 heteroatoms. The minimum absolute atomic E-state index is 0.0139. The van der Waals surface area contributed by atoms with Crippen molar-refractivity contribution in [1.82, 2.24) is 4.90 Å². The van der Waals surface area contributed by atoms with Crippen LogP contribution in [0.3, 0.4) is 0 Å². The Balaban J connectivity index is 1.38. The van der Waals surface area contributed by atoms with Crippen LogP contribution in [0.5, 0.6) is 0 Å². The number of unbranched alkanes of at least 4 members (excludes halogenated alkanes) is 8. The third-order valence-electron chi connectivity index (χ3n) is 7.30. The summed E-state index contributed by atoms with van der Waals surface area (Å²) in [5, 5.41) is 1.22. The topological polar surface area (TPSA) is 29.5 Å². The van der Waals surface area contributed by atoms with Gasteiger partial charge < -0.3 is 4.74 Å². The third-order valence-corrected chi connectivity index (χ3v) is 8.04. The number of likely N-dealkylation sites (N-methyl/N-ethyl adjacent to an activating group) is 1. The van der Waals surface area contributed by atoms with Crippen LogP contribution in [0.1, 0.15) is 102 Å². The van der Waals surface area contributed by atoms with E-state index in [0.29, 0.717) is 34.5 Å². The number of ether oxygens (including phenoxy) is 1. The predicted octanol–water partition coefficient (Wildman–Crippen LogP) is 7.78. The lowest BCUT2D eigenvalue weighted by Gasteiger charge is -2.37. The Bertz CT molecular complexity index is 711. The molecule has 0 amide bonds. The van der Waals surface area contributed by atoms with E-state index >= 15 is 0 Å². The first-order valence-electron chi connectivity index (χ1n) is 12.4. The van der Waals surface area contributed by atoms with Crippen molar-refractivity contribution in [3.8, 4) is 0 Å². The zero-order chi connectivity index (χ0) is 22.2. The second kappa shape index (κ2) is 12.5. The molecule has 0 radical (unpaired) electrons. The summed E-state index contributed by atoms with van der Waals surface area (Å²) >= 11 is 12.3. The SMILES string of the molecule is CCCCCCCCCCCC(=O)O[C@@H]1C[C@H]2C[C@H](c3ccc(Cl)c(Cl)c3)C[C@H]1N2C. The summed E-state index contributed by atoms with van der Waals surface area (Å²) in [7, 11) is 2.18. The van der Waals surface area contributed by atoms with Crippen molar-refractivity contribution < 1.29 is 9.53 Å². The Hall–Kier alpha value is -0.770. The van der Waals surface area contributed by atoms with E-state index in [2.05, 4.69) is 24.9 Å². The van der Waals surface area contributed by atoms with Crippen molar-refractivity contribution in [2.45, 2.75) is 114 Å². The second-order valence-corrected chi connectivity index (χ2v) is 10.4. The summed E-state index contributed by atoms with van der Waals surface area (Å²) in [6, 6.07) is 6.75. The van der Waals surface area contributed by atoms with Crippen LogP contribution in [0.4, 0.5) is 0 Å². The third kappa shape index (κ3) is 7.11. The minimum Gasteiger partial charge on any atom is -0.461 e. The van der Waals surface area contributed by atoms with Crippen molar-refractivity contribution >= 4 is 29.2 Å². The van der Waals surface area contributed by atoms with Crippen molar-refractivity contribution in [2.75, 3.05) is 7.05 Å². The number of hydrogen-bond acceptors (Lipinski definition) is 3. The molecule has 3 rings (SSSR count). The molecule has 0 N–H and O–H groups in total. The number of carbonyl (C=O) groups excluding carboxylic acids is 1. The fourth-order valence-corrected chi connectivity index (χ4v) is 5.70. The molecule has 1 aromatic carbocycles. The van der Waals surface area contributed by atoms with Crippen molar-refractivity contribution in [2.24, 2.45) is 0 Å². The number of piperidine rings is 1. The highest BCUT2D eigenvalue weighted by atomic mass is 35.5. The van der Waals surface area contributed by atoms with Gasteiger partial charge >= 0.3 is 5.97 Å². The number of hydrogen-bond donors (Lipinski definition) is 0. The molecule has 174 valence electrons. The quantitative estimate of drug-likeness (QED) is 0.232. The standard InChI is InChI=1S/C26H39Cl2NO2/c1-3-4-5-6-7-8-9-10-11-12-26(30)31-25-18-21-15-20(17-24(25)29(21)2)19-13-14-22(27)23(28)16-19/h13-14,16,20-21,24-25H,3-12,15,17-18H2,1-2H3/t20-,21+,24+,25+/m0/s1. The first kappa shape index (κ1) is 24.9. The average Bonchev–Trinajstić information content (AvgIpc) is 2.91. The van der Waals surface area contributed by atoms with Gasteiger partial charge in [-0.2, -0.15) is 0 Å². The molecule has 2 bridgehead atoms. The van der Waals surface area contributed by atoms with Gasteiger partial charge in [0.25, 0.3) is 0 Å². The second-order valence-electron chi connectivity index (χ2n) is 9.57. The van der Waals surface area contributed by atoms with E-state index in [1.54, 1.807) is 0 Å². The maximum absolute atomic E-state index is 12.5. The highest BCUT2D eigenvalue weighted by Crippen LogP contribution is 2.44. The van der Waals surface area contributed by atoms with Crippen LogP contribution in [0.25, 0.3) is 0 Å². The Morgan fingerprint density at radius 3 is 2.32 bits per heavy atom. The van der Waals surface area contributed by atoms with E-state index < -0.39 is 0 Å².